The van der Waals surface area contributed by atoms with Gasteiger partial charge in [0, 0.05) is 36.5 Å². The molecule has 1 amide bonds. The van der Waals surface area contributed by atoms with E-state index in [-0.39, 0.29) is 35.0 Å². The van der Waals surface area contributed by atoms with E-state index in [0.717, 1.165) is 35.8 Å². The Bertz CT molecular complexity index is 978. The number of carbonyl (C=O) groups is 1. The van der Waals surface area contributed by atoms with Crippen LogP contribution < -0.4 is 5.32 Å². The van der Waals surface area contributed by atoms with Crippen LogP contribution in [0.3, 0.4) is 0 Å². The van der Waals surface area contributed by atoms with Crippen LogP contribution in [0.1, 0.15) is 50.1 Å². The van der Waals surface area contributed by atoms with Crippen molar-refractivity contribution in [1.82, 2.24) is 14.9 Å². The van der Waals surface area contributed by atoms with Crippen molar-refractivity contribution in [3.63, 3.8) is 0 Å². The number of thiazole rings is 1. The number of hydrogen-bond acceptors (Lipinski definition) is 6. The quantitative estimate of drug-likeness (QED) is 0.623. The highest BCUT2D eigenvalue weighted by Gasteiger charge is 2.54. The molecule has 172 valence electrons. The maximum Gasteiger partial charge on any atom is 0.225 e. The number of carbonyl (C=O) groups excluding carboxylic acids is 1. The zero-order valence-corrected chi connectivity index (χ0v) is 20.2. The Morgan fingerprint density at radius 1 is 1.53 bits per heavy atom. The Hall–Kier alpha value is -2.25. The van der Waals surface area contributed by atoms with Crippen molar-refractivity contribution in [2.75, 3.05) is 18.9 Å². The summed E-state index contributed by atoms with van der Waals surface area (Å²) in [5, 5.41) is 15.8. The van der Waals surface area contributed by atoms with Crippen molar-refractivity contribution in [1.29, 1.82) is 0 Å². The van der Waals surface area contributed by atoms with Crippen LogP contribution in [0.25, 0.3) is 0 Å². The van der Waals surface area contributed by atoms with E-state index in [0.29, 0.717) is 6.54 Å². The number of rotatable bonds is 6. The smallest absolute Gasteiger partial charge is 0.225 e. The summed E-state index contributed by atoms with van der Waals surface area (Å²) in [7, 11) is 1.81. The average Bonchev–Trinajstić information content (AvgIpc) is 3.15. The largest absolute Gasteiger partial charge is 0.392 e. The Morgan fingerprint density at radius 2 is 2.31 bits per heavy atom. The topological polar surface area (TPSA) is 78.4 Å². The zero-order valence-electron chi connectivity index (χ0n) is 19.4. The molecule has 32 heavy (non-hydrogen) atoms. The molecular weight excluding hydrogens is 420 g/mol. The number of hydrogen-bond donors (Lipinski definition) is 2. The highest BCUT2D eigenvalue weighted by molar-refractivity contribution is 7.15. The summed E-state index contributed by atoms with van der Waals surface area (Å²) < 4.78 is 0. The number of amides is 1. The lowest BCUT2D eigenvalue weighted by molar-refractivity contribution is -0.143. The van der Waals surface area contributed by atoms with E-state index in [9.17, 15) is 9.90 Å². The molecule has 4 rings (SSSR count). The molecule has 6 nitrogen and oxygen atoms in total. The fraction of sp³-hybridized carbons (Fsp3) is 0.560. The summed E-state index contributed by atoms with van der Waals surface area (Å²) >= 11 is 1.71. The Morgan fingerprint density at radius 3 is 3.00 bits per heavy atom. The minimum Gasteiger partial charge on any atom is -0.392 e. The number of fused-ring (bicyclic) bond motifs is 2. The van der Waals surface area contributed by atoms with Gasteiger partial charge in [0.25, 0.3) is 0 Å². The number of anilines is 2. The van der Waals surface area contributed by atoms with Gasteiger partial charge in [-0.1, -0.05) is 26.8 Å². The molecule has 1 fully saturated rings. The molecule has 2 heterocycles. The minimum atomic E-state index is -0.524. The van der Waals surface area contributed by atoms with Gasteiger partial charge in [0.1, 0.15) is 0 Å². The van der Waals surface area contributed by atoms with Crippen LogP contribution in [0, 0.1) is 23.2 Å². The number of aromatic nitrogens is 2. The summed E-state index contributed by atoms with van der Waals surface area (Å²) in [6.07, 6.45) is 7.56. The van der Waals surface area contributed by atoms with Gasteiger partial charge in [-0.05, 0) is 48.6 Å². The second-order valence-electron chi connectivity index (χ2n) is 9.83. The highest BCUT2D eigenvalue weighted by Crippen LogP contribution is 2.57. The normalized spacial score (nSPS) is 30.0. The Kier molecular flexibility index (Phi) is 6.41. The second kappa shape index (κ2) is 8.94. The summed E-state index contributed by atoms with van der Waals surface area (Å²) in [6.45, 7) is 10.7. The maximum atomic E-state index is 12.9. The maximum absolute atomic E-state index is 12.9. The first kappa shape index (κ1) is 22.9. The van der Waals surface area contributed by atoms with E-state index in [1.54, 1.807) is 41.8 Å². The molecule has 1 saturated carbocycles. The van der Waals surface area contributed by atoms with Crippen molar-refractivity contribution >= 4 is 28.1 Å². The molecule has 0 saturated heterocycles. The first-order chi connectivity index (χ1) is 15.2. The van der Waals surface area contributed by atoms with Crippen LogP contribution in [0.15, 0.2) is 37.2 Å². The van der Waals surface area contributed by atoms with Gasteiger partial charge in [-0.15, -0.1) is 17.9 Å². The highest BCUT2D eigenvalue weighted by atomic mass is 32.1. The Balaban J connectivity index is 1.57. The van der Waals surface area contributed by atoms with Crippen molar-refractivity contribution in [2.24, 2.45) is 23.2 Å². The van der Waals surface area contributed by atoms with E-state index < -0.39 is 6.10 Å². The third-order valence-corrected chi connectivity index (χ3v) is 8.63. The first-order valence-corrected chi connectivity index (χ1v) is 12.3. The summed E-state index contributed by atoms with van der Waals surface area (Å²) in [5.74, 6) is 0.0469. The SMILES string of the molecule is C=CCN(C)C(=O)[C@@H](C)C1CC[C@@]2(C)Cc3sc(Nc4cccnc4)nc3[C@@H](C)[C@@H]2[C@H]1O. The average molecular weight is 455 g/mol. The molecular formula is C25H34N4O2S. The van der Waals surface area contributed by atoms with Gasteiger partial charge >= 0.3 is 0 Å². The van der Waals surface area contributed by atoms with Crippen LogP contribution in [0.4, 0.5) is 10.8 Å². The number of nitrogens with zero attached hydrogens (tertiary/aromatic N) is 3. The van der Waals surface area contributed by atoms with Crippen molar-refractivity contribution in [2.45, 2.75) is 52.1 Å². The number of nitrogens with one attached hydrogen (secondary N) is 1. The molecule has 2 aromatic heterocycles. The van der Waals surface area contributed by atoms with E-state index in [1.807, 2.05) is 19.1 Å². The number of pyridine rings is 1. The van der Waals surface area contributed by atoms with E-state index >= 15 is 0 Å². The van der Waals surface area contributed by atoms with Gasteiger partial charge in [-0.25, -0.2) is 4.98 Å². The fourth-order valence-electron chi connectivity index (χ4n) is 5.97. The summed E-state index contributed by atoms with van der Waals surface area (Å²) in [6, 6.07) is 3.88. The molecule has 1 unspecified atom stereocenters. The molecule has 2 N–H and O–H groups in total. The van der Waals surface area contributed by atoms with Gasteiger partial charge in [-0.3, -0.25) is 9.78 Å². The molecule has 2 aromatic rings. The van der Waals surface area contributed by atoms with Crippen molar-refractivity contribution in [3.8, 4) is 0 Å². The van der Waals surface area contributed by atoms with E-state index in [2.05, 4.69) is 30.7 Å². The van der Waals surface area contributed by atoms with Gasteiger partial charge in [0.15, 0.2) is 5.13 Å². The van der Waals surface area contributed by atoms with Crippen LogP contribution in [0.2, 0.25) is 0 Å². The fourth-order valence-corrected chi connectivity index (χ4v) is 7.26. The monoisotopic (exact) mass is 454 g/mol. The molecule has 2 aliphatic carbocycles. The Labute approximate surface area is 194 Å². The van der Waals surface area contributed by atoms with Crippen LogP contribution in [-0.2, 0) is 11.2 Å². The van der Waals surface area contributed by atoms with Crippen molar-refractivity contribution in [3.05, 3.63) is 47.8 Å². The summed E-state index contributed by atoms with van der Waals surface area (Å²) in [4.78, 5) is 25.0. The predicted molar refractivity (Wildman–Crippen MR) is 129 cm³/mol. The lowest BCUT2D eigenvalue weighted by Gasteiger charge is -2.53. The van der Waals surface area contributed by atoms with Gasteiger partial charge in [0.2, 0.25) is 5.91 Å². The minimum absolute atomic E-state index is 0.0101. The summed E-state index contributed by atoms with van der Waals surface area (Å²) in [5.41, 5.74) is 2.02. The molecule has 0 spiro atoms. The van der Waals surface area contributed by atoms with Gasteiger partial charge in [-0.2, -0.15) is 0 Å². The molecule has 0 aromatic carbocycles. The predicted octanol–water partition coefficient (Wildman–Crippen LogP) is 4.62. The van der Waals surface area contributed by atoms with Gasteiger partial charge in [0.05, 0.1) is 23.7 Å². The van der Waals surface area contributed by atoms with Crippen LogP contribution in [0.5, 0.6) is 0 Å². The lowest BCUT2D eigenvalue weighted by atomic mass is 9.53. The van der Waals surface area contributed by atoms with E-state index in [4.69, 9.17) is 4.98 Å². The molecule has 0 aliphatic heterocycles. The van der Waals surface area contributed by atoms with Crippen molar-refractivity contribution < 1.29 is 9.90 Å². The molecule has 0 radical (unpaired) electrons. The first-order valence-electron chi connectivity index (χ1n) is 11.5. The molecule has 6 atom stereocenters. The molecule has 7 heteroatoms. The molecule has 0 bridgehead atoms. The number of aliphatic hydroxyl groups excluding tert-OH is 1. The van der Waals surface area contributed by atoms with Gasteiger partial charge < -0.3 is 15.3 Å². The van der Waals surface area contributed by atoms with Crippen LogP contribution in [-0.4, -0.2) is 45.6 Å². The number of likely N-dealkylation sites (N-methyl/N-ethyl adjacent to an activating group) is 1. The second-order valence-corrected chi connectivity index (χ2v) is 10.9. The third-order valence-electron chi connectivity index (χ3n) is 7.65. The molecule has 2 aliphatic rings. The third kappa shape index (κ3) is 4.08. The lowest BCUT2D eigenvalue weighted by Crippen LogP contribution is -2.53. The number of aliphatic hydroxyl groups is 1. The zero-order chi connectivity index (χ0) is 23.0. The standard InChI is InChI=1S/C25H34N4O2S/c1-6-12-29(5)23(31)15(2)18-9-10-25(4)13-19-21(16(3)20(25)22(18)30)28-24(32-19)27-17-8-7-11-26-14-17/h6-8,11,14-16,18,20,22,30H,1,9-10,12-13H2,2-5H3,(H,27,28)/t15-,16-,18?,20+,22-,25-/m0/s1. The van der Waals surface area contributed by atoms with Crippen LogP contribution >= 0.6 is 11.3 Å². The van der Waals surface area contributed by atoms with E-state index in [1.165, 1.54) is 4.88 Å².